The molecule has 0 aromatic heterocycles. The van der Waals surface area contributed by atoms with E-state index in [1.54, 1.807) is 26.0 Å². The van der Waals surface area contributed by atoms with Gasteiger partial charge in [-0.3, -0.25) is 4.79 Å². The largest absolute Gasteiger partial charge is 0.351 e. The highest BCUT2D eigenvalue weighted by molar-refractivity contribution is 7.88. The summed E-state index contributed by atoms with van der Waals surface area (Å²) in [6, 6.07) is 15.4. The minimum absolute atomic E-state index is 0.0450. The molecule has 1 atom stereocenters. The molecular weight excluding hydrogens is 372 g/mol. The van der Waals surface area contributed by atoms with E-state index in [0.29, 0.717) is 6.54 Å². The number of aryl methyl sites for hydroxylation is 1. The smallest absolute Gasteiger partial charge is 0.227 e. The molecule has 5 nitrogen and oxygen atoms in total. The molecule has 3 rings (SSSR count). The summed E-state index contributed by atoms with van der Waals surface area (Å²) >= 11 is 0. The lowest BCUT2D eigenvalue weighted by Crippen LogP contribution is -2.31. The van der Waals surface area contributed by atoms with Crippen molar-refractivity contribution >= 4 is 15.9 Å². The molecule has 0 fully saturated rings. The third-order valence-corrected chi connectivity index (χ3v) is 6.49. The van der Waals surface area contributed by atoms with E-state index in [0.717, 1.165) is 36.0 Å². The lowest BCUT2D eigenvalue weighted by Gasteiger charge is -2.24. The Labute approximate surface area is 167 Å². The zero-order chi connectivity index (χ0) is 20.1. The Bertz CT molecular complexity index is 921. The summed E-state index contributed by atoms with van der Waals surface area (Å²) in [5.41, 5.74) is 4.10. The van der Waals surface area contributed by atoms with Crippen LogP contribution in [0.1, 0.15) is 54.9 Å². The van der Waals surface area contributed by atoms with Gasteiger partial charge in [-0.2, -0.15) is 0 Å². The van der Waals surface area contributed by atoms with Crippen molar-refractivity contribution in [2.24, 2.45) is 0 Å². The summed E-state index contributed by atoms with van der Waals surface area (Å²) in [5, 5.41) is 3.03. The quantitative estimate of drug-likeness (QED) is 0.749. The molecule has 0 heterocycles. The van der Waals surface area contributed by atoms with Crippen molar-refractivity contribution in [3.05, 3.63) is 70.8 Å². The molecule has 0 bridgehead atoms. The number of benzene rings is 2. The molecule has 1 unspecified atom stereocenters. The highest BCUT2D eigenvalue weighted by Crippen LogP contribution is 2.31. The van der Waals surface area contributed by atoms with Crippen LogP contribution in [0.15, 0.2) is 48.5 Å². The summed E-state index contributed by atoms with van der Waals surface area (Å²) < 4.78 is 26.6. The van der Waals surface area contributed by atoms with Crippen LogP contribution in [0.3, 0.4) is 0 Å². The van der Waals surface area contributed by atoms with Crippen molar-refractivity contribution in [1.29, 1.82) is 0 Å². The molecule has 150 valence electrons. The molecule has 0 aliphatic heterocycles. The van der Waals surface area contributed by atoms with Gasteiger partial charge in [-0.1, -0.05) is 48.5 Å². The summed E-state index contributed by atoms with van der Waals surface area (Å²) in [6.07, 6.45) is 2.95. The van der Waals surface area contributed by atoms with Gasteiger partial charge in [0.15, 0.2) is 0 Å². The zero-order valence-corrected chi connectivity index (χ0v) is 17.3. The molecule has 1 amide bonds. The Morgan fingerprint density at radius 1 is 1.07 bits per heavy atom. The maximum atomic E-state index is 12.7. The maximum absolute atomic E-state index is 12.7. The van der Waals surface area contributed by atoms with Crippen LogP contribution in [0, 0.1) is 0 Å². The van der Waals surface area contributed by atoms with E-state index in [1.807, 2.05) is 24.3 Å². The van der Waals surface area contributed by atoms with Gasteiger partial charge in [0.2, 0.25) is 15.9 Å². The predicted molar refractivity (Wildman–Crippen MR) is 111 cm³/mol. The zero-order valence-electron chi connectivity index (χ0n) is 16.4. The first kappa shape index (κ1) is 20.6. The number of carbonyl (C=O) groups excluding carboxylic acids is 1. The van der Waals surface area contributed by atoms with Gasteiger partial charge in [0, 0.05) is 12.6 Å². The molecule has 0 radical (unpaired) electrons. The number of fused-ring (bicyclic) bond motifs is 1. The predicted octanol–water partition coefficient (Wildman–Crippen LogP) is 3.25. The number of sulfonamides is 1. The van der Waals surface area contributed by atoms with Crippen LogP contribution in [0.2, 0.25) is 0 Å². The second-order valence-electron chi connectivity index (χ2n) is 7.71. The minimum Gasteiger partial charge on any atom is -0.351 e. The van der Waals surface area contributed by atoms with Crippen molar-refractivity contribution in [3.8, 4) is 0 Å². The Balaban J connectivity index is 1.58. The van der Waals surface area contributed by atoms with Gasteiger partial charge in [-0.15, -0.1) is 0 Å². The molecule has 2 N–H and O–H groups in total. The van der Waals surface area contributed by atoms with Crippen LogP contribution in [0.5, 0.6) is 0 Å². The minimum atomic E-state index is -3.34. The molecule has 28 heavy (non-hydrogen) atoms. The van der Waals surface area contributed by atoms with Gasteiger partial charge >= 0.3 is 0 Å². The third-order valence-electron chi connectivity index (χ3n) is 4.95. The fourth-order valence-corrected chi connectivity index (χ4v) is 5.15. The Hall–Kier alpha value is -2.18. The van der Waals surface area contributed by atoms with Crippen molar-refractivity contribution in [2.75, 3.05) is 0 Å². The Kier molecular flexibility index (Phi) is 6.52. The molecule has 1 aliphatic rings. The van der Waals surface area contributed by atoms with Crippen LogP contribution in [0.4, 0.5) is 0 Å². The number of hydrogen-bond acceptors (Lipinski definition) is 3. The lowest BCUT2D eigenvalue weighted by molar-refractivity contribution is -0.123. The molecule has 0 saturated heterocycles. The van der Waals surface area contributed by atoms with Crippen LogP contribution in [0.25, 0.3) is 0 Å². The first-order chi connectivity index (χ1) is 13.3. The standard InChI is InChI=1S/C22H28N2O3S/c1-16(2)24-28(26,27)15-18-12-10-17(11-13-18)14-23-22(25)21-9-5-7-19-6-3-4-8-20(19)21/h3-4,6,8,10-13,16,21,24H,5,7,9,14-15H2,1-2H3,(H,23,25). The van der Waals surface area contributed by atoms with E-state index in [9.17, 15) is 13.2 Å². The number of amides is 1. The molecule has 6 heteroatoms. The number of rotatable bonds is 7. The molecular formula is C22H28N2O3S. The third kappa shape index (κ3) is 5.42. The van der Waals surface area contributed by atoms with E-state index in [1.165, 1.54) is 5.56 Å². The maximum Gasteiger partial charge on any atom is 0.227 e. The highest BCUT2D eigenvalue weighted by atomic mass is 32.2. The lowest BCUT2D eigenvalue weighted by atomic mass is 9.82. The summed E-state index contributed by atoms with van der Waals surface area (Å²) in [4.78, 5) is 12.7. The summed E-state index contributed by atoms with van der Waals surface area (Å²) in [6.45, 7) is 4.04. The highest BCUT2D eigenvalue weighted by Gasteiger charge is 2.25. The van der Waals surface area contributed by atoms with E-state index in [4.69, 9.17) is 0 Å². The number of nitrogens with one attached hydrogen (secondary N) is 2. The fraction of sp³-hybridized carbons (Fsp3) is 0.409. The van der Waals surface area contributed by atoms with Gasteiger partial charge < -0.3 is 5.32 Å². The van der Waals surface area contributed by atoms with Gasteiger partial charge in [0.1, 0.15) is 0 Å². The van der Waals surface area contributed by atoms with E-state index in [-0.39, 0.29) is 23.6 Å². The molecule has 0 spiro atoms. The van der Waals surface area contributed by atoms with E-state index in [2.05, 4.69) is 22.2 Å². The van der Waals surface area contributed by atoms with Crippen LogP contribution >= 0.6 is 0 Å². The van der Waals surface area contributed by atoms with Gasteiger partial charge in [0.05, 0.1) is 11.7 Å². The topological polar surface area (TPSA) is 75.3 Å². The number of hydrogen-bond donors (Lipinski definition) is 2. The van der Waals surface area contributed by atoms with Crippen molar-refractivity contribution in [1.82, 2.24) is 10.0 Å². The fourth-order valence-electron chi connectivity index (χ4n) is 3.71. The molecule has 0 saturated carbocycles. The average Bonchev–Trinajstić information content (AvgIpc) is 2.65. The molecule has 2 aromatic rings. The van der Waals surface area contributed by atoms with Crippen molar-refractivity contribution < 1.29 is 13.2 Å². The first-order valence-electron chi connectivity index (χ1n) is 9.77. The van der Waals surface area contributed by atoms with Gasteiger partial charge in [0.25, 0.3) is 0 Å². The molecule has 1 aliphatic carbocycles. The van der Waals surface area contributed by atoms with Crippen molar-refractivity contribution in [3.63, 3.8) is 0 Å². The summed E-state index contributed by atoms with van der Waals surface area (Å²) in [7, 11) is -3.34. The van der Waals surface area contributed by atoms with Gasteiger partial charge in [-0.25, -0.2) is 13.1 Å². The van der Waals surface area contributed by atoms with Crippen LogP contribution in [-0.2, 0) is 33.5 Å². The SMILES string of the molecule is CC(C)NS(=O)(=O)Cc1ccc(CNC(=O)C2CCCc3ccccc32)cc1. The van der Waals surface area contributed by atoms with E-state index < -0.39 is 10.0 Å². The Morgan fingerprint density at radius 2 is 1.75 bits per heavy atom. The molecule has 2 aromatic carbocycles. The second kappa shape index (κ2) is 8.88. The van der Waals surface area contributed by atoms with Crippen molar-refractivity contribution in [2.45, 2.75) is 57.4 Å². The Morgan fingerprint density at radius 3 is 2.46 bits per heavy atom. The monoisotopic (exact) mass is 400 g/mol. The normalized spacial score (nSPS) is 16.6. The van der Waals surface area contributed by atoms with Gasteiger partial charge in [-0.05, 0) is 55.4 Å². The van der Waals surface area contributed by atoms with Crippen LogP contribution in [-0.4, -0.2) is 20.4 Å². The van der Waals surface area contributed by atoms with Crippen LogP contribution < -0.4 is 10.0 Å². The number of carbonyl (C=O) groups is 1. The average molecular weight is 401 g/mol. The second-order valence-corrected chi connectivity index (χ2v) is 9.46. The van der Waals surface area contributed by atoms with E-state index >= 15 is 0 Å². The summed E-state index contributed by atoms with van der Waals surface area (Å²) in [5.74, 6) is -0.0761. The first-order valence-corrected chi connectivity index (χ1v) is 11.4.